The predicted molar refractivity (Wildman–Crippen MR) is 75.1 cm³/mol. The molecule has 0 unspecified atom stereocenters. The van der Waals surface area contributed by atoms with E-state index in [-0.39, 0.29) is 11.1 Å². The van der Waals surface area contributed by atoms with Crippen molar-refractivity contribution < 1.29 is 8.42 Å². The number of sulfonamides is 1. The van der Waals surface area contributed by atoms with E-state index in [4.69, 9.17) is 0 Å². The normalized spacial score (nSPS) is 23.5. The van der Waals surface area contributed by atoms with Crippen molar-refractivity contribution in [2.45, 2.75) is 30.8 Å². The van der Waals surface area contributed by atoms with Gasteiger partial charge in [-0.2, -0.15) is 0 Å². The van der Waals surface area contributed by atoms with Crippen molar-refractivity contribution in [2.75, 3.05) is 12.4 Å². The van der Waals surface area contributed by atoms with E-state index in [1.165, 1.54) is 11.3 Å². The first-order chi connectivity index (χ1) is 9.01. The van der Waals surface area contributed by atoms with Crippen LogP contribution in [0.3, 0.4) is 0 Å². The number of rotatable bonds is 4. The molecule has 0 aliphatic heterocycles. The largest absolute Gasteiger partial charge is 0.371 e. The zero-order chi connectivity index (χ0) is 13.6. The van der Waals surface area contributed by atoms with Gasteiger partial charge in [-0.05, 0) is 18.8 Å². The molecule has 0 bridgehead atoms. The van der Waals surface area contributed by atoms with Gasteiger partial charge in [0.1, 0.15) is 0 Å². The molecule has 1 aliphatic rings. The van der Waals surface area contributed by atoms with Gasteiger partial charge in [0.25, 0.3) is 10.0 Å². The predicted octanol–water partition coefficient (Wildman–Crippen LogP) is 1.51. The molecule has 2 aromatic heterocycles. The monoisotopic (exact) mass is 300 g/mol. The SMILES string of the molecule is CNc1nc2sccn2c1S(=O)(=O)NC1CC(C)C1. The molecule has 19 heavy (non-hydrogen) atoms. The molecule has 0 aromatic carbocycles. The van der Waals surface area contributed by atoms with E-state index in [0.29, 0.717) is 16.7 Å². The van der Waals surface area contributed by atoms with E-state index in [2.05, 4.69) is 21.9 Å². The van der Waals surface area contributed by atoms with Crippen LogP contribution in [0.5, 0.6) is 0 Å². The third-order valence-corrected chi connectivity index (χ3v) is 5.70. The number of fused-ring (bicyclic) bond motifs is 1. The fourth-order valence-corrected chi connectivity index (χ4v) is 4.78. The van der Waals surface area contributed by atoms with Crippen LogP contribution in [0.1, 0.15) is 19.8 Å². The number of hydrogen-bond donors (Lipinski definition) is 2. The molecule has 0 spiro atoms. The Hall–Kier alpha value is -1.12. The molecule has 0 atom stereocenters. The number of nitrogens with one attached hydrogen (secondary N) is 2. The van der Waals surface area contributed by atoms with Crippen molar-refractivity contribution in [3.05, 3.63) is 11.6 Å². The van der Waals surface area contributed by atoms with Crippen LogP contribution in [0.15, 0.2) is 16.6 Å². The molecule has 2 aromatic rings. The Balaban J connectivity index is 1.99. The Bertz CT molecular complexity index is 697. The Morgan fingerprint density at radius 3 is 2.84 bits per heavy atom. The fourth-order valence-electron chi connectivity index (χ4n) is 2.46. The fraction of sp³-hybridized carbons (Fsp3) is 0.545. The molecular formula is C11H16N4O2S2. The highest BCUT2D eigenvalue weighted by atomic mass is 32.2. The Labute approximate surface area is 115 Å². The number of thiazole rings is 1. The van der Waals surface area contributed by atoms with Crippen LogP contribution in [0.25, 0.3) is 4.96 Å². The van der Waals surface area contributed by atoms with Gasteiger partial charge in [-0.25, -0.2) is 18.1 Å². The molecule has 8 heteroatoms. The minimum absolute atomic E-state index is 0.0499. The van der Waals surface area contributed by atoms with Gasteiger partial charge < -0.3 is 5.32 Å². The summed E-state index contributed by atoms with van der Waals surface area (Å²) in [5.74, 6) is 0.995. The lowest BCUT2D eigenvalue weighted by Gasteiger charge is -2.32. The van der Waals surface area contributed by atoms with Crippen molar-refractivity contribution in [1.82, 2.24) is 14.1 Å². The molecule has 0 radical (unpaired) electrons. The maximum absolute atomic E-state index is 12.5. The molecule has 0 amide bonds. The lowest BCUT2D eigenvalue weighted by atomic mass is 9.83. The minimum Gasteiger partial charge on any atom is -0.371 e. The zero-order valence-electron chi connectivity index (χ0n) is 10.8. The average Bonchev–Trinajstić information content (AvgIpc) is 2.84. The van der Waals surface area contributed by atoms with Gasteiger partial charge in [-0.1, -0.05) is 6.92 Å². The van der Waals surface area contributed by atoms with E-state index in [9.17, 15) is 8.42 Å². The zero-order valence-corrected chi connectivity index (χ0v) is 12.4. The Morgan fingerprint density at radius 1 is 1.47 bits per heavy atom. The van der Waals surface area contributed by atoms with E-state index in [1.54, 1.807) is 17.6 Å². The van der Waals surface area contributed by atoms with E-state index in [0.717, 1.165) is 12.8 Å². The lowest BCUT2D eigenvalue weighted by molar-refractivity contribution is 0.270. The molecule has 0 saturated heterocycles. The summed E-state index contributed by atoms with van der Waals surface area (Å²) < 4.78 is 29.3. The second-order valence-corrected chi connectivity index (χ2v) is 7.47. The standard InChI is InChI=1S/C11H16N4O2S2/c1-7-5-8(6-7)14-19(16,17)10-9(12-2)13-11-15(10)3-4-18-11/h3-4,7-8,12,14H,5-6H2,1-2H3. The first-order valence-electron chi connectivity index (χ1n) is 6.17. The van der Waals surface area contributed by atoms with Gasteiger partial charge in [0.05, 0.1) is 0 Å². The maximum Gasteiger partial charge on any atom is 0.260 e. The third-order valence-electron chi connectivity index (χ3n) is 3.41. The molecule has 2 heterocycles. The van der Waals surface area contributed by atoms with Crippen LogP contribution < -0.4 is 10.0 Å². The highest BCUT2D eigenvalue weighted by molar-refractivity contribution is 7.89. The first kappa shape index (κ1) is 12.9. The van der Waals surface area contributed by atoms with Gasteiger partial charge in [0.2, 0.25) is 0 Å². The van der Waals surface area contributed by atoms with Crippen LogP contribution in [-0.4, -0.2) is 30.9 Å². The van der Waals surface area contributed by atoms with Gasteiger partial charge in [-0.3, -0.25) is 4.40 Å². The Kier molecular flexibility index (Phi) is 3.03. The van der Waals surface area contributed by atoms with E-state index < -0.39 is 10.0 Å². The van der Waals surface area contributed by atoms with Gasteiger partial charge >= 0.3 is 0 Å². The summed E-state index contributed by atoms with van der Waals surface area (Å²) in [6.45, 7) is 2.12. The summed E-state index contributed by atoms with van der Waals surface area (Å²) in [6, 6.07) is 0.0499. The number of nitrogens with zero attached hydrogens (tertiary/aromatic N) is 2. The van der Waals surface area contributed by atoms with Crippen molar-refractivity contribution >= 4 is 32.1 Å². The van der Waals surface area contributed by atoms with Crippen LogP contribution in [0, 0.1) is 5.92 Å². The number of aromatic nitrogens is 2. The van der Waals surface area contributed by atoms with Crippen LogP contribution in [0.4, 0.5) is 5.82 Å². The van der Waals surface area contributed by atoms with Gasteiger partial charge in [-0.15, -0.1) is 11.3 Å². The van der Waals surface area contributed by atoms with Gasteiger partial charge in [0, 0.05) is 24.7 Å². The summed E-state index contributed by atoms with van der Waals surface area (Å²) in [7, 11) is -1.87. The third kappa shape index (κ3) is 2.13. The number of hydrogen-bond acceptors (Lipinski definition) is 5. The summed E-state index contributed by atoms with van der Waals surface area (Å²) in [5, 5.41) is 4.88. The van der Waals surface area contributed by atoms with E-state index >= 15 is 0 Å². The molecule has 3 rings (SSSR count). The molecule has 1 fully saturated rings. The van der Waals surface area contributed by atoms with Crippen molar-refractivity contribution in [3.63, 3.8) is 0 Å². The topological polar surface area (TPSA) is 75.5 Å². The highest BCUT2D eigenvalue weighted by Crippen LogP contribution is 2.30. The molecule has 2 N–H and O–H groups in total. The van der Waals surface area contributed by atoms with Crippen LogP contribution in [0.2, 0.25) is 0 Å². The Morgan fingerprint density at radius 2 is 2.21 bits per heavy atom. The van der Waals surface area contributed by atoms with Crippen LogP contribution in [-0.2, 0) is 10.0 Å². The minimum atomic E-state index is -3.55. The molecular weight excluding hydrogens is 284 g/mol. The van der Waals surface area contributed by atoms with Crippen molar-refractivity contribution in [1.29, 1.82) is 0 Å². The summed E-state index contributed by atoms with van der Waals surface area (Å²) >= 11 is 1.41. The first-order valence-corrected chi connectivity index (χ1v) is 8.53. The maximum atomic E-state index is 12.5. The van der Waals surface area contributed by atoms with Gasteiger partial charge in [0.15, 0.2) is 15.8 Å². The number of anilines is 1. The second kappa shape index (κ2) is 4.46. The van der Waals surface area contributed by atoms with Crippen molar-refractivity contribution in [3.8, 4) is 0 Å². The lowest BCUT2D eigenvalue weighted by Crippen LogP contribution is -2.43. The average molecular weight is 300 g/mol. The molecule has 104 valence electrons. The number of imidazole rings is 1. The smallest absolute Gasteiger partial charge is 0.260 e. The molecule has 6 nitrogen and oxygen atoms in total. The molecule has 1 aliphatic carbocycles. The van der Waals surface area contributed by atoms with Crippen LogP contribution >= 0.6 is 11.3 Å². The quantitative estimate of drug-likeness (QED) is 0.897. The molecule has 1 saturated carbocycles. The summed E-state index contributed by atoms with van der Waals surface area (Å²) in [6.07, 6.45) is 3.53. The summed E-state index contributed by atoms with van der Waals surface area (Å²) in [4.78, 5) is 4.95. The second-order valence-electron chi connectivity index (χ2n) is 4.97. The summed E-state index contributed by atoms with van der Waals surface area (Å²) in [5.41, 5.74) is 0. The van der Waals surface area contributed by atoms with Crippen molar-refractivity contribution in [2.24, 2.45) is 5.92 Å². The highest BCUT2D eigenvalue weighted by Gasteiger charge is 2.33. The van der Waals surface area contributed by atoms with E-state index in [1.807, 2.05) is 5.38 Å².